The first-order valence-electron chi connectivity index (χ1n) is 5.54. The van der Waals surface area contributed by atoms with E-state index in [1.807, 2.05) is 6.08 Å². The molecule has 0 aromatic heterocycles. The number of hydrogen-bond donors (Lipinski definition) is 0. The summed E-state index contributed by atoms with van der Waals surface area (Å²) in [6.07, 6.45) is 6.22. The summed E-state index contributed by atoms with van der Waals surface area (Å²) in [4.78, 5) is 21.9. The fourth-order valence-electron chi connectivity index (χ4n) is 2.30. The van der Waals surface area contributed by atoms with E-state index < -0.39 is 18.5 Å². The average Bonchev–Trinajstić information content (AvgIpc) is 2.66. The van der Waals surface area contributed by atoms with E-state index in [4.69, 9.17) is 0 Å². The molecule has 4 nitrogen and oxygen atoms in total. The van der Waals surface area contributed by atoms with Gasteiger partial charge in [-0.1, -0.05) is 0 Å². The van der Waals surface area contributed by atoms with E-state index >= 15 is 0 Å². The summed E-state index contributed by atoms with van der Waals surface area (Å²) >= 11 is -4.20. The second-order valence-electron chi connectivity index (χ2n) is 8.81. The van der Waals surface area contributed by atoms with Crippen LogP contribution in [0.3, 0.4) is 0 Å². The van der Waals surface area contributed by atoms with Crippen molar-refractivity contribution in [1.82, 2.24) is 0 Å². The molecule has 0 N–H and O–H groups in total. The van der Waals surface area contributed by atoms with Crippen molar-refractivity contribution in [2.75, 3.05) is 0 Å². The van der Waals surface area contributed by atoms with Crippen molar-refractivity contribution in [3.8, 4) is 0 Å². The van der Waals surface area contributed by atoms with Crippen LogP contribution in [-0.2, 0) is 12.3 Å². The molecular formula is C12H23N2O2W. The Balaban J connectivity index is 3.35. The predicted molar refractivity (Wildman–Crippen MR) is 71.3 cm³/mol. The summed E-state index contributed by atoms with van der Waals surface area (Å²) in [6, 6.07) is 0. The summed E-state index contributed by atoms with van der Waals surface area (Å²) in [5.41, 5.74) is 0. The maximum atomic E-state index is 10.7. The molecule has 0 aliphatic heterocycles. The average molecular weight is 411 g/mol. The van der Waals surface area contributed by atoms with Crippen LogP contribution < -0.4 is 0 Å². The van der Waals surface area contributed by atoms with E-state index in [1.165, 1.54) is 3.96 Å². The Bertz CT molecular complexity index is 438. The number of rotatable bonds is 5. The Morgan fingerprint density at radius 1 is 1.18 bits per heavy atom. The van der Waals surface area contributed by atoms with E-state index in [-0.39, 0.29) is 0 Å². The number of allylic oxidation sites excluding steroid dienone is 4. The molecule has 1 aliphatic carbocycles. The minimum atomic E-state index is -4.20. The standard InChI is InChI=1S/C5H5.C2H3N2O2.5CH3.W/c1-2-4-5-3-1;1-2(3-5)4-6;;;;;;/h1-3H,4H2;2H,1H2;5*1H3;. The van der Waals surface area contributed by atoms with Gasteiger partial charge in [0.05, 0.1) is 0 Å². The third-order valence-electron chi connectivity index (χ3n) is 3.54. The molecule has 0 atom stereocenters. The molecule has 0 heterocycles. The van der Waals surface area contributed by atoms with Crippen molar-refractivity contribution in [1.29, 1.82) is 0 Å². The molecule has 0 spiro atoms. The van der Waals surface area contributed by atoms with Crippen LogP contribution in [0.2, 0.25) is 31.4 Å². The Hall–Kier alpha value is -0.632. The van der Waals surface area contributed by atoms with Crippen LogP contribution in [0.5, 0.6) is 0 Å². The molecule has 0 aromatic carbocycles. The summed E-state index contributed by atoms with van der Waals surface area (Å²) in [5.74, 6) is 0. The zero-order valence-corrected chi connectivity index (χ0v) is 14.3. The van der Waals surface area contributed by atoms with Gasteiger partial charge in [0.15, 0.2) is 0 Å². The molecule has 1 aliphatic rings. The molecule has 0 saturated heterocycles. The summed E-state index contributed by atoms with van der Waals surface area (Å²) in [6.45, 7) is 0. The van der Waals surface area contributed by atoms with Gasteiger partial charge in [0.2, 0.25) is 0 Å². The van der Waals surface area contributed by atoms with Crippen molar-refractivity contribution in [3.63, 3.8) is 0 Å². The first kappa shape index (κ1) is 14.4. The molecule has 0 radical (unpaired) electrons. The predicted octanol–water partition coefficient (Wildman–Crippen LogP) is 5.11. The van der Waals surface area contributed by atoms with Gasteiger partial charge in [-0.15, -0.1) is 0 Å². The van der Waals surface area contributed by atoms with E-state index in [1.54, 1.807) is 0 Å². The summed E-state index contributed by atoms with van der Waals surface area (Å²) < 4.78 is 1.36. The van der Waals surface area contributed by atoms with Crippen LogP contribution >= 0.6 is 0 Å². The van der Waals surface area contributed by atoms with E-state index in [2.05, 4.69) is 49.1 Å². The molecule has 99 valence electrons. The third kappa shape index (κ3) is 2.98. The SMILES string of the molecule is [CH3][W]([CH3])([CH3])([CH3])([CH3])([CH2]C(N=O)N=O)[C]1=CC=CC1. The van der Waals surface area contributed by atoms with E-state index in [0.29, 0.717) is 4.81 Å². The Morgan fingerprint density at radius 2 is 1.71 bits per heavy atom. The minimum absolute atomic E-state index is 0.469. The fraction of sp³-hybridized carbons (Fsp3) is 0.667. The maximum absolute atomic E-state index is 10.7. The molecular weight excluding hydrogens is 388 g/mol. The van der Waals surface area contributed by atoms with Crippen LogP contribution in [0.25, 0.3) is 0 Å². The fourth-order valence-corrected chi connectivity index (χ4v) is 16.2. The van der Waals surface area contributed by atoms with Gasteiger partial charge in [-0.2, -0.15) is 0 Å². The Morgan fingerprint density at radius 3 is 2.06 bits per heavy atom. The molecule has 0 saturated carbocycles. The van der Waals surface area contributed by atoms with Gasteiger partial charge in [-0.3, -0.25) is 0 Å². The van der Waals surface area contributed by atoms with Gasteiger partial charge in [0, 0.05) is 0 Å². The zero-order valence-electron chi connectivity index (χ0n) is 11.3. The van der Waals surface area contributed by atoms with E-state index in [0.717, 1.165) is 6.42 Å². The first-order chi connectivity index (χ1) is 7.33. The van der Waals surface area contributed by atoms with Gasteiger partial charge in [0.25, 0.3) is 0 Å². The summed E-state index contributed by atoms with van der Waals surface area (Å²) in [7, 11) is 0. The second kappa shape index (κ2) is 2.85. The molecule has 0 aromatic rings. The van der Waals surface area contributed by atoms with Crippen molar-refractivity contribution >= 4 is 0 Å². The van der Waals surface area contributed by atoms with Crippen LogP contribution in [0.4, 0.5) is 0 Å². The molecule has 0 fully saturated rings. The molecule has 5 heteroatoms. The van der Waals surface area contributed by atoms with Crippen molar-refractivity contribution < 1.29 is 12.3 Å². The molecule has 0 unspecified atom stereocenters. The van der Waals surface area contributed by atoms with Crippen LogP contribution in [0, 0.1) is 9.81 Å². The molecule has 0 amide bonds. The van der Waals surface area contributed by atoms with Crippen LogP contribution in [0.15, 0.2) is 32.5 Å². The van der Waals surface area contributed by atoms with Gasteiger partial charge in [0.1, 0.15) is 0 Å². The van der Waals surface area contributed by atoms with E-state index in [9.17, 15) is 9.81 Å². The number of nitrogens with zero attached hydrogens (tertiary/aromatic N) is 2. The first-order valence-corrected chi connectivity index (χ1v) is 23.7. The van der Waals surface area contributed by atoms with Gasteiger partial charge < -0.3 is 0 Å². The molecule has 1 rings (SSSR count). The number of hydrogen-bond acceptors (Lipinski definition) is 4. The number of nitroso groups, excluding NO2 is 2. The quantitative estimate of drug-likeness (QED) is 0.591. The van der Waals surface area contributed by atoms with Gasteiger partial charge in [-0.25, -0.2) is 0 Å². The normalized spacial score (nSPS) is 22.2. The second-order valence-corrected chi connectivity index (χ2v) is 60.0. The van der Waals surface area contributed by atoms with Crippen molar-refractivity contribution in [2.45, 2.75) is 44.0 Å². The Kier molecular flexibility index (Phi) is 2.42. The van der Waals surface area contributed by atoms with Crippen LogP contribution in [-0.4, -0.2) is 6.17 Å². The van der Waals surface area contributed by atoms with Crippen molar-refractivity contribution in [3.05, 3.63) is 32.0 Å². The van der Waals surface area contributed by atoms with Crippen LogP contribution in [0.1, 0.15) is 6.42 Å². The topological polar surface area (TPSA) is 58.9 Å². The third-order valence-corrected chi connectivity index (χ3v) is 23.0. The monoisotopic (exact) mass is 411 g/mol. The zero-order chi connectivity index (χ0) is 13.5. The van der Waals surface area contributed by atoms with Gasteiger partial charge in [-0.05, 0) is 0 Å². The Labute approximate surface area is 98.6 Å². The van der Waals surface area contributed by atoms with Crippen molar-refractivity contribution in [2.24, 2.45) is 10.4 Å². The van der Waals surface area contributed by atoms with Gasteiger partial charge >= 0.3 is 98.6 Å². The molecule has 0 bridgehead atoms. The summed E-state index contributed by atoms with van der Waals surface area (Å²) in [5, 5.41) is 17.0. The molecule has 17 heavy (non-hydrogen) atoms.